The smallest absolute Gasteiger partial charge is 0.115 e. The number of allylic oxidation sites excluding steroid dienone is 1. The van der Waals surface area contributed by atoms with Gasteiger partial charge >= 0.3 is 0 Å². The third kappa shape index (κ3) is 3.49. The first-order valence-electron chi connectivity index (χ1n) is 6.08. The van der Waals surface area contributed by atoms with Crippen LogP contribution in [0.15, 0.2) is 36.6 Å². The Bertz CT molecular complexity index is 390. The predicted molar refractivity (Wildman–Crippen MR) is 67.8 cm³/mol. The molecule has 0 aromatic heterocycles. The number of benzene rings is 1. The van der Waals surface area contributed by atoms with Crippen molar-refractivity contribution >= 4 is 0 Å². The van der Waals surface area contributed by atoms with Gasteiger partial charge in [0.05, 0.1) is 6.26 Å². The van der Waals surface area contributed by atoms with Gasteiger partial charge in [0.25, 0.3) is 0 Å². The molecule has 2 N–H and O–H groups in total. The summed E-state index contributed by atoms with van der Waals surface area (Å²) in [5.41, 5.74) is 1.09. The summed E-state index contributed by atoms with van der Waals surface area (Å²) in [5, 5.41) is 12.8. The van der Waals surface area contributed by atoms with Crippen molar-refractivity contribution in [2.45, 2.75) is 31.9 Å². The largest absolute Gasteiger partial charge is 0.508 e. The van der Waals surface area contributed by atoms with Gasteiger partial charge in [-0.3, -0.25) is 0 Å². The second kappa shape index (κ2) is 5.73. The van der Waals surface area contributed by atoms with Crippen LogP contribution in [0.4, 0.5) is 0 Å². The maximum absolute atomic E-state index is 9.42. The fraction of sp³-hybridized carbons (Fsp3) is 0.429. The van der Waals surface area contributed by atoms with Crippen molar-refractivity contribution in [3.05, 3.63) is 42.2 Å². The second-order valence-corrected chi connectivity index (χ2v) is 4.43. The first-order valence-corrected chi connectivity index (χ1v) is 6.08. The van der Waals surface area contributed by atoms with Gasteiger partial charge in [0.1, 0.15) is 11.9 Å². The van der Waals surface area contributed by atoms with Crippen LogP contribution >= 0.6 is 0 Å². The third-order valence-electron chi connectivity index (χ3n) is 3.04. The number of rotatable bonds is 4. The van der Waals surface area contributed by atoms with E-state index in [-0.39, 0.29) is 12.1 Å². The topological polar surface area (TPSA) is 41.5 Å². The summed E-state index contributed by atoms with van der Waals surface area (Å²) in [4.78, 5) is 0. The summed E-state index contributed by atoms with van der Waals surface area (Å²) in [6.07, 6.45) is 6.26. The molecule has 0 amide bonds. The van der Waals surface area contributed by atoms with Crippen molar-refractivity contribution < 1.29 is 9.84 Å². The summed E-state index contributed by atoms with van der Waals surface area (Å²) in [6, 6.07) is 7.57. The lowest BCUT2D eigenvalue weighted by atomic mass is 10.1. The van der Waals surface area contributed by atoms with Crippen LogP contribution in [0.3, 0.4) is 0 Å². The predicted octanol–water partition coefficient (Wildman–Crippen LogP) is 2.74. The summed E-state index contributed by atoms with van der Waals surface area (Å²) >= 11 is 0. The van der Waals surface area contributed by atoms with Crippen LogP contribution in [0.25, 0.3) is 0 Å². The Balaban J connectivity index is 1.84. The van der Waals surface area contributed by atoms with Crippen molar-refractivity contribution in [1.29, 1.82) is 0 Å². The highest BCUT2D eigenvalue weighted by atomic mass is 16.5. The van der Waals surface area contributed by atoms with Gasteiger partial charge in [-0.25, -0.2) is 0 Å². The maximum atomic E-state index is 9.42. The average Bonchev–Trinajstić information content (AvgIpc) is 2.37. The molecule has 0 fully saturated rings. The van der Waals surface area contributed by atoms with E-state index in [1.807, 2.05) is 12.1 Å². The molecule has 1 heterocycles. The van der Waals surface area contributed by atoms with Gasteiger partial charge in [0.2, 0.25) is 0 Å². The molecule has 0 bridgehead atoms. The van der Waals surface area contributed by atoms with E-state index in [1.54, 1.807) is 18.4 Å². The van der Waals surface area contributed by atoms with Gasteiger partial charge in [0.15, 0.2) is 0 Å². The number of ether oxygens (including phenoxy) is 1. The molecule has 3 nitrogen and oxygen atoms in total. The lowest BCUT2D eigenvalue weighted by Gasteiger charge is -2.22. The molecule has 3 heteroatoms. The third-order valence-corrected chi connectivity index (χ3v) is 3.04. The average molecular weight is 233 g/mol. The van der Waals surface area contributed by atoms with Gasteiger partial charge in [-0.2, -0.15) is 0 Å². The molecular weight excluding hydrogens is 214 g/mol. The van der Waals surface area contributed by atoms with Crippen LogP contribution in [-0.2, 0) is 4.74 Å². The van der Waals surface area contributed by atoms with Crippen LogP contribution in [0.2, 0.25) is 0 Å². The molecule has 92 valence electrons. The van der Waals surface area contributed by atoms with Crippen molar-refractivity contribution in [3.8, 4) is 5.75 Å². The van der Waals surface area contributed by atoms with Crippen molar-refractivity contribution in [1.82, 2.24) is 5.32 Å². The number of hydrogen-bond donors (Lipinski definition) is 2. The Kier molecular flexibility index (Phi) is 4.04. The summed E-state index contributed by atoms with van der Waals surface area (Å²) in [7, 11) is 0. The highest BCUT2D eigenvalue weighted by Crippen LogP contribution is 2.18. The van der Waals surface area contributed by atoms with Crippen LogP contribution in [0.1, 0.15) is 31.4 Å². The SMILES string of the molecule is CC(NCC1CCC=CO1)c1cccc(O)c1. The lowest BCUT2D eigenvalue weighted by molar-refractivity contribution is 0.120. The van der Waals surface area contributed by atoms with Crippen LogP contribution in [0, 0.1) is 0 Å². The van der Waals surface area contributed by atoms with Gasteiger partial charge in [-0.1, -0.05) is 12.1 Å². The van der Waals surface area contributed by atoms with E-state index in [4.69, 9.17) is 4.74 Å². The molecule has 0 radical (unpaired) electrons. The minimum atomic E-state index is 0.219. The minimum Gasteiger partial charge on any atom is -0.508 e. The zero-order valence-electron chi connectivity index (χ0n) is 10.1. The van der Waals surface area contributed by atoms with Crippen LogP contribution in [-0.4, -0.2) is 17.8 Å². The first-order chi connectivity index (χ1) is 8.25. The van der Waals surface area contributed by atoms with Crippen molar-refractivity contribution in [3.63, 3.8) is 0 Å². The highest BCUT2D eigenvalue weighted by Gasteiger charge is 2.13. The molecule has 2 atom stereocenters. The standard InChI is InChI=1S/C14H19NO2/c1-11(12-5-4-6-13(16)9-12)15-10-14-7-2-3-8-17-14/h3-6,8-9,11,14-16H,2,7,10H2,1H3. The van der Waals surface area contributed by atoms with E-state index in [1.165, 1.54) is 0 Å². The van der Waals surface area contributed by atoms with Crippen molar-refractivity contribution in [2.75, 3.05) is 6.54 Å². The molecule has 1 aromatic carbocycles. The molecule has 17 heavy (non-hydrogen) atoms. The van der Waals surface area contributed by atoms with E-state index in [0.29, 0.717) is 5.75 Å². The monoisotopic (exact) mass is 233 g/mol. The van der Waals surface area contributed by atoms with Gasteiger partial charge in [-0.05, 0) is 43.5 Å². The van der Waals surface area contributed by atoms with Gasteiger partial charge in [-0.15, -0.1) is 0 Å². The van der Waals surface area contributed by atoms with E-state index in [9.17, 15) is 5.11 Å². The van der Waals surface area contributed by atoms with Crippen LogP contribution in [0.5, 0.6) is 5.75 Å². The van der Waals surface area contributed by atoms with E-state index < -0.39 is 0 Å². The quantitative estimate of drug-likeness (QED) is 0.840. The molecule has 0 saturated carbocycles. The summed E-state index contributed by atoms with van der Waals surface area (Å²) in [6.45, 7) is 2.93. The number of aromatic hydroxyl groups is 1. The number of phenols is 1. The molecule has 2 rings (SSSR count). The molecule has 0 spiro atoms. The number of phenolic OH excluding ortho intramolecular Hbond substituents is 1. The molecule has 0 aliphatic carbocycles. The lowest BCUT2D eigenvalue weighted by Crippen LogP contribution is -2.31. The Morgan fingerprint density at radius 3 is 3.12 bits per heavy atom. The van der Waals surface area contributed by atoms with E-state index in [0.717, 1.165) is 24.9 Å². The molecule has 1 aliphatic heterocycles. The first kappa shape index (κ1) is 12.0. The maximum Gasteiger partial charge on any atom is 0.115 e. The zero-order chi connectivity index (χ0) is 12.1. The summed E-state index contributed by atoms with van der Waals surface area (Å²) < 4.78 is 5.50. The van der Waals surface area contributed by atoms with Gasteiger partial charge < -0.3 is 15.2 Å². The number of nitrogens with one attached hydrogen (secondary N) is 1. The Hall–Kier alpha value is -1.48. The van der Waals surface area contributed by atoms with E-state index in [2.05, 4.69) is 18.3 Å². The molecule has 0 saturated heterocycles. The Morgan fingerprint density at radius 2 is 2.41 bits per heavy atom. The van der Waals surface area contributed by atoms with Crippen LogP contribution < -0.4 is 5.32 Å². The fourth-order valence-corrected chi connectivity index (χ4v) is 1.96. The normalized spacial score (nSPS) is 20.9. The molecule has 2 unspecified atom stereocenters. The molecule has 1 aromatic rings. The number of hydrogen-bond acceptors (Lipinski definition) is 3. The highest BCUT2D eigenvalue weighted by molar-refractivity contribution is 5.29. The van der Waals surface area contributed by atoms with Crippen molar-refractivity contribution in [2.24, 2.45) is 0 Å². The van der Waals surface area contributed by atoms with Gasteiger partial charge in [0, 0.05) is 12.6 Å². The Labute approximate surface area is 102 Å². The molecule has 1 aliphatic rings. The molecular formula is C14H19NO2. The Morgan fingerprint density at radius 1 is 1.53 bits per heavy atom. The van der Waals surface area contributed by atoms with E-state index >= 15 is 0 Å². The second-order valence-electron chi connectivity index (χ2n) is 4.43. The minimum absolute atomic E-state index is 0.219. The zero-order valence-corrected chi connectivity index (χ0v) is 10.1. The summed E-state index contributed by atoms with van der Waals surface area (Å²) in [5.74, 6) is 0.313. The fourth-order valence-electron chi connectivity index (χ4n) is 1.96.